The topological polar surface area (TPSA) is 161 Å². The molecule has 1 aromatic heterocycles. The fourth-order valence-corrected chi connectivity index (χ4v) is 5.74. The minimum atomic E-state index is -3.90. The van der Waals surface area contributed by atoms with E-state index in [1.54, 1.807) is 4.90 Å². The molecule has 2 unspecified atom stereocenters. The molecule has 25 heavy (non-hydrogen) atoms. The number of tetrazole rings is 1. The molecule has 14 heteroatoms. The molecule has 138 valence electrons. The Morgan fingerprint density at radius 3 is 2.92 bits per heavy atom. The molecule has 3 atom stereocenters. The third-order valence-corrected chi connectivity index (χ3v) is 8.16. The lowest BCUT2D eigenvalue weighted by Crippen LogP contribution is -2.61. The third-order valence-electron chi connectivity index (χ3n) is 4.26. The number of thioether (sulfide) groups is 2. The fourth-order valence-electron chi connectivity index (χ4n) is 2.52. The lowest BCUT2D eigenvalue weighted by molar-refractivity contribution is -0.153. The minimum Gasteiger partial charge on any atom is -0.481 e. The highest BCUT2D eigenvalue weighted by Gasteiger charge is 2.52. The lowest BCUT2D eigenvalue weighted by atomic mass is 9.90. The van der Waals surface area contributed by atoms with Crippen LogP contribution in [0.15, 0.2) is 5.16 Å². The first-order chi connectivity index (χ1) is 11.6. The Morgan fingerprint density at radius 2 is 2.32 bits per heavy atom. The van der Waals surface area contributed by atoms with Gasteiger partial charge in [0.15, 0.2) is 5.37 Å². The number of aromatic nitrogens is 4. The maximum absolute atomic E-state index is 11.9. The van der Waals surface area contributed by atoms with Gasteiger partial charge in [-0.15, -0.1) is 16.9 Å². The molecule has 3 rings (SSSR count). The highest BCUT2D eigenvalue weighted by atomic mass is 32.2. The number of rotatable bonds is 6. The molecule has 0 saturated carbocycles. The van der Waals surface area contributed by atoms with Crippen LogP contribution in [0.25, 0.3) is 0 Å². The van der Waals surface area contributed by atoms with Crippen molar-refractivity contribution in [3.63, 3.8) is 0 Å². The second-order valence-electron chi connectivity index (χ2n) is 5.96. The molecule has 0 spiro atoms. The van der Waals surface area contributed by atoms with E-state index in [0.29, 0.717) is 12.2 Å². The van der Waals surface area contributed by atoms with Gasteiger partial charge in [-0.05, 0) is 17.4 Å². The predicted octanol–water partition coefficient (Wildman–Crippen LogP) is -1.05. The smallest absolute Gasteiger partial charge is 0.313 e. The number of sulfonamides is 1. The van der Waals surface area contributed by atoms with Gasteiger partial charge >= 0.3 is 5.97 Å². The van der Waals surface area contributed by atoms with Crippen molar-refractivity contribution in [2.75, 3.05) is 18.1 Å². The summed E-state index contributed by atoms with van der Waals surface area (Å²) < 4.78 is 24.0. The Hall–Kier alpha value is -1.38. The highest BCUT2D eigenvalue weighted by molar-refractivity contribution is 8.00. The van der Waals surface area contributed by atoms with E-state index in [2.05, 4.69) is 15.5 Å². The number of fused-ring (bicyclic) bond motifs is 1. The van der Waals surface area contributed by atoms with Crippen molar-refractivity contribution < 1.29 is 23.1 Å². The van der Waals surface area contributed by atoms with Crippen molar-refractivity contribution in [3.05, 3.63) is 0 Å². The van der Waals surface area contributed by atoms with Crippen molar-refractivity contribution >= 4 is 45.4 Å². The van der Waals surface area contributed by atoms with Crippen LogP contribution >= 0.6 is 23.5 Å². The summed E-state index contributed by atoms with van der Waals surface area (Å²) in [7, 11) is -3.90. The van der Waals surface area contributed by atoms with Crippen molar-refractivity contribution in [3.8, 4) is 0 Å². The first kappa shape index (κ1) is 18.4. The van der Waals surface area contributed by atoms with Crippen molar-refractivity contribution in [2.24, 2.45) is 10.6 Å². The molecular formula is C11H16N6O5S3. The molecule has 0 aromatic carbocycles. The van der Waals surface area contributed by atoms with Gasteiger partial charge in [0.05, 0.1) is 11.8 Å². The number of carbonyl (C=O) groups is 2. The predicted molar refractivity (Wildman–Crippen MR) is 89.0 cm³/mol. The quantitative estimate of drug-likeness (QED) is 0.439. The van der Waals surface area contributed by atoms with E-state index < -0.39 is 26.8 Å². The number of hydrogen-bond donors (Lipinski definition) is 2. The molecule has 11 nitrogen and oxygen atoms in total. The molecule has 2 saturated heterocycles. The van der Waals surface area contributed by atoms with E-state index in [1.165, 1.54) is 18.7 Å². The number of β-lactam (4-membered cyclic amide) rings is 1. The van der Waals surface area contributed by atoms with Crippen LogP contribution in [-0.2, 0) is 19.6 Å². The number of primary sulfonamides is 1. The van der Waals surface area contributed by atoms with Gasteiger partial charge in [0, 0.05) is 18.1 Å². The Bertz CT molecular complexity index is 813. The van der Waals surface area contributed by atoms with E-state index in [1.807, 2.05) is 0 Å². The number of nitrogens with two attached hydrogens (primary N) is 1. The zero-order valence-electron chi connectivity index (χ0n) is 13.1. The molecule has 3 N–H and O–H groups in total. The van der Waals surface area contributed by atoms with Crippen LogP contribution in [0.5, 0.6) is 0 Å². The molecule has 0 bridgehead atoms. The van der Waals surface area contributed by atoms with Gasteiger partial charge < -0.3 is 10.0 Å². The summed E-state index contributed by atoms with van der Waals surface area (Å²) in [5.74, 6) is -0.607. The van der Waals surface area contributed by atoms with Crippen molar-refractivity contribution in [2.45, 2.75) is 29.2 Å². The van der Waals surface area contributed by atoms with Crippen molar-refractivity contribution in [1.29, 1.82) is 0 Å². The summed E-state index contributed by atoms with van der Waals surface area (Å²) >= 11 is 2.48. The second kappa shape index (κ2) is 6.41. The van der Waals surface area contributed by atoms with E-state index in [4.69, 9.17) is 5.14 Å². The number of hydrogen-bond acceptors (Lipinski definition) is 9. The van der Waals surface area contributed by atoms with Crippen LogP contribution in [-0.4, -0.2) is 73.9 Å². The Labute approximate surface area is 151 Å². The van der Waals surface area contributed by atoms with Gasteiger partial charge in [0.1, 0.15) is 5.41 Å². The zero-order valence-corrected chi connectivity index (χ0v) is 15.6. The zero-order chi connectivity index (χ0) is 18.4. The van der Waals surface area contributed by atoms with E-state index in [-0.39, 0.29) is 28.7 Å². The summed E-state index contributed by atoms with van der Waals surface area (Å²) in [5.41, 5.74) is -1.15. The molecule has 1 amide bonds. The number of aliphatic carboxylic acids is 1. The normalized spacial score (nSPS) is 27.5. The number of carboxylic acid groups (broad SMARTS) is 1. The molecule has 2 aliphatic rings. The Kier molecular flexibility index (Phi) is 4.72. The van der Waals surface area contributed by atoms with Crippen LogP contribution in [0.3, 0.4) is 0 Å². The van der Waals surface area contributed by atoms with Gasteiger partial charge in [-0.25, -0.2) is 18.2 Å². The minimum absolute atomic E-state index is 0.0534. The van der Waals surface area contributed by atoms with Crippen LogP contribution in [0, 0.1) is 5.41 Å². The fraction of sp³-hybridized carbons (Fsp3) is 0.727. The first-order valence-corrected chi connectivity index (χ1v) is 10.9. The third kappa shape index (κ3) is 3.35. The highest BCUT2D eigenvalue weighted by Crippen LogP contribution is 2.44. The van der Waals surface area contributed by atoms with Crippen LogP contribution in [0.1, 0.15) is 18.7 Å². The Balaban J connectivity index is 1.77. The number of amides is 1. The van der Waals surface area contributed by atoms with Gasteiger partial charge in [-0.3, -0.25) is 9.59 Å². The first-order valence-electron chi connectivity index (χ1n) is 7.21. The summed E-state index contributed by atoms with van der Waals surface area (Å²) in [6.07, 6.45) is 0.442. The molecule has 3 heterocycles. The molecule has 2 fully saturated rings. The standard InChI is InChI=1S/C11H16N6O5S3/c1-6(25(12,21)22)17-10(13-14-15-17)24-5-11(9(19)20)3-16-7(18)2-8(16)23-4-11/h6,8H,2-5H2,1H3,(H,19,20)(H2,12,21,22)/t6?,8-,11?/m1/s1. The van der Waals surface area contributed by atoms with Gasteiger partial charge in [0.2, 0.25) is 21.1 Å². The molecule has 1 aromatic rings. The van der Waals surface area contributed by atoms with Gasteiger partial charge in [-0.2, -0.15) is 0 Å². The summed E-state index contributed by atoms with van der Waals surface area (Å²) in [4.78, 5) is 25.1. The second-order valence-corrected chi connectivity index (χ2v) is 9.93. The largest absolute Gasteiger partial charge is 0.481 e. The molecule has 0 aliphatic carbocycles. The molecule has 0 radical (unpaired) electrons. The summed E-state index contributed by atoms with van der Waals surface area (Å²) in [6, 6.07) is 0. The summed E-state index contributed by atoms with van der Waals surface area (Å²) in [5, 5.41) is 24.7. The van der Waals surface area contributed by atoms with Gasteiger partial charge in [0.25, 0.3) is 0 Å². The van der Waals surface area contributed by atoms with Crippen LogP contribution in [0.4, 0.5) is 0 Å². The van der Waals surface area contributed by atoms with E-state index in [9.17, 15) is 23.1 Å². The maximum Gasteiger partial charge on any atom is 0.313 e. The van der Waals surface area contributed by atoms with Crippen molar-refractivity contribution in [1.82, 2.24) is 25.1 Å². The maximum atomic E-state index is 11.9. The summed E-state index contributed by atoms with van der Waals surface area (Å²) in [6.45, 7) is 1.46. The van der Waals surface area contributed by atoms with E-state index >= 15 is 0 Å². The van der Waals surface area contributed by atoms with Crippen LogP contribution < -0.4 is 5.14 Å². The van der Waals surface area contributed by atoms with Crippen LogP contribution in [0.2, 0.25) is 0 Å². The molecular weight excluding hydrogens is 392 g/mol. The van der Waals surface area contributed by atoms with E-state index in [0.717, 1.165) is 16.4 Å². The number of carboxylic acids is 1. The lowest BCUT2D eigenvalue weighted by Gasteiger charge is -2.49. The van der Waals surface area contributed by atoms with Gasteiger partial charge in [-0.1, -0.05) is 11.8 Å². The number of nitrogens with zero attached hydrogens (tertiary/aromatic N) is 5. The average Bonchev–Trinajstić information content (AvgIpc) is 2.99. The monoisotopic (exact) mass is 408 g/mol. The number of carbonyl (C=O) groups excluding carboxylic acids is 1. The Morgan fingerprint density at radius 1 is 1.60 bits per heavy atom. The average molecular weight is 408 g/mol. The SMILES string of the molecule is CC(n1nnnc1SCC1(C(=O)O)CS[C@@H]2CC(=O)N2C1)S(N)(=O)=O. The molecule has 2 aliphatic heterocycles.